The number of aromatic amines is 1. The minimum Gasteiger partial charge on any atom is -0.497 e. The molecule has 0 atom stereocenters. The molecule has 0 unspecified atom stereocenters. The van der Waals surface area contributed by atoms with Crippen LogP contribution < -0.4 is 4.74 Å². The maximum absolute atomic E-state index is 13.8. The maximum atomic E-state index is 13.8. The topological polar surface area (TPSA) is 59.0 Å². The summed E-state index contributed by atoms with van der Waals surface area (Å²) < 4.78 is 20.9. The van der Waals surface area contributed by atoms with Gasteiger partial charge in [0, 0.05) is 36.3 Å². The standard InChI is InChI=1S/C22H22FN5O/c1-27(15-21-24-10-11-25-21)13-17-14-28(19-6-8-20(29-2)9-7-19)26-22(17)16-4-3-5-18(23)12-16/h3-12,14H,13,15H2,1-2H3,(H,24,25). The largest absolute Gasteiger partial charge is 0.497 e. The van der Waals surface area contributed by atoms with E-state index in [2.05, 4.69) is 14.9 Å². The van der Waals surface area contributed by atoms with E-state index in [1.54, 1.807) is 19.4 Å². The van der Waals surface area contributed by atoms with Crippen molar-refractivity contribution >= 4 is 0 Å². The number of methoxy groups -OCH3 is 1. The number of ether oxygens (including phenoxy) is 1. The molecule has 0 radical (unpaired) electrons. The SMILES string of the molecule is COc1ccc(-n2cc(CN(C)Cc3ncc[nH]3)c(-c3cccc(F)c3)n2)cc1. The van der Waals surface area contributed by atoms with Crippen molar-refractivity contribution in [3.63, 3.8) is 0 Å². The summed E-state index contributed by atoms with van der Waals surface area (Å²) in [5, 5.41) is 4.76. The highest BCUT2D eigenvalue weighted by molar-refractivity contribution is 5.63. The molecule has 4 aromatic rings. The van der Waals surface area contributed by atoms with Gasteiger partial charge >= 0.3 is 0 Å². The van der Waals surface area contributed by atoms with E-state index in [0.717, 1.165) is 34.1 Å². The Hall–Kier alpha value is -3.45. The molecule has 1 N–H and O–H groups in total. The van der Waals surface area contributed by atoms with E-state index in [0.29, 0.717) is 13.1 Å². The number of nitrogens with one attached hydrogen (secondary N) is 1. The van der Waals surface area contributed by atoms with Crippen LogP contribution in [0.2, 0.25) is 0 Å². The number of aromatic nitrogens is 4. The van der Waals surface area contributed by atoms with Gasteiger partial charge in [-0.1, -0.05) is 12.1 Å². The van der Waals surface area contributed by atoms with Crippen LogP contribution in [0.4, 0.5) is 4.39 Å². The van der Waals surface area contributed by atoms with E-state index in [1.807, 2.05) is 54.5 Å². The van der Waals surface area contributed by atoms with Gasteiger partial charge < -0.3 is 9.72 Å². The van der Waals surface area contributed by atoms with Crippen LogP contribution in [-0.4, -0.2) is 38.8 Å². The predicted octanol–water partition coefficient (Wildman–Crippen LogP) is 4.04. The first kappa shape index (κ1) is 18.9. The fourth-order valence-electron chi connectivity index (χ4n) is 3.26. The van der Waals surface area contributed by atoms with Crippen molar-refractivity contribution in [1.29, 1.82) is 0 Å². The Balaban J connectivity index is 1.68. The summed E-state index contributed by atoms with van der Waals surface area (Å²) >= 11 is 0. The minimum atomic E-state index is -0.281. The molecule has 0 spiro atoms. The van der Waals surface area contributed by atoms with Crippen LogP contribution >= 0.6 is 0 Å². The Bertz CT molecular complexity index is 1070. The van der Waals surface area contributed by atoms with Gasteiger partial charge in [0.25, 0.3) is 0 Å². The van der Waals surface area contributed by atoms with Crippen molar-refractivity contribution in [2.24, 2.45) is 0 Å². The minimum absolute atomic E-state index is 0.281. The number of nitrogens with zero attached hydrogens (tertiary/aromatic N) is 4. The molecule has 29 heavy (non-hydrogen) atoms. The molecule has 0 aliphatic heterocycles. The molecule has 6 nitrogen and oxygen atoms in total. The molecule has 0 aliphatic rings. The first-order valence-corrected chi connectivity index (χ1v) is 9.28. The quantitative estimate of drug-likeness (QED) is 0.517. The monoisotopic (exact) mass is 391 g/mol. The average Bonchev–Trinajstić information content (AvgIpc) is 3.38. The van der Waals surface area contributed by atoms with E-state index in [1.165, 1.54) is 12.1 Å². The summed E-state index contributed by atoms with van der Waals surface area (Å²) in [7, 11) is 3.65. The lowest BCUT2D eigenvalue weighted by Crippen LogP contribution is -2.18. The van der Waals surface area contributed by atoms with Crippen LogP contribution in [0, 0.1) is 5.82 Å². The molecular formula is C22H22FN5O. The molecule has 0 aliphatic carbocycles. The molecule has 4 rings (SSSR count). The van der Waals surface area contributed by atoms with Gasteiger partial charge in [-0.25, -0.2) is 14.1 Å². The molecular weight excluding hydrogens is 369 g/mol. The average molecular weight is 391 g/mol. The molecule has 2 aromatic carbocycles. The number of hydrogen-bond acceptors (Lipinski definition) is 4. The lowest BCUT2D eigenvalue weighted by atomic mass is 10.1. The van der Waals surface area contributed by atoms with Gasteiger partial charge in [-0.15, -0.1) is 0 Å². The van der Waals surface area contributed by atoms with E-state index < -0.39 is 0 Å². The van der Waals surface area contributed by atoms with Crippen molar-refractivity contribution < 1.29 is 9.13 Å². The smallest absolute Gasteiger partial charge is 0.123 e. The Kier molecular flexibility index (Phi) is 5.39. The highest BCUT2D eigenvalue weighted by atomic mass is 19.1. The Labute approximate surface area is 168 Å². The van der Waals surface area contributed by atoms with Crippen LogP contribution in [0.3, 0.4) is 0 Å². The summed E-state index contributed by atoms with van der Waals surface area (Å²) in [6.45, 7) is 1.31. The molecule has 0 fully saturated rings. The van der Waals surface area contributed by atoms with Gasteiger partial charge in [0.15, 0.2) is 0 Å². The van der Waals surface area contributed by atoms with Gasteiger partial charge in [0.2, 0.25) is 0 Å². The van der Waals surface area contributed by atoms with Crippen molar-refractivity contribution in [2.45, 2.75) is 13.1 Å². The van der Waals surface area contributed by atoms with Crippen molar-refractivity contribution in [2.75, 3.05) is 14.2 Å². The number of hydrogen-bond donors (Lipinski definition) is 1. The van der Waals surface area contributed by atoms with Crippen LogP contribution in [0.25, 0.3) is 16.9 Å². The highest BCUT2D eigenvalue weighted by Crippen LogP contribution is 2.26. The molecule has 0 saturated carbocycles. The summed E-state index contributed by atoms with van der Waals surface area (Å²) in [6.07, 6.45) is 5.53. The maximum Gasteiger partial charge on any atom is 0.123 e. The Morgan fingerprint density at radius 2 is 1.97 bits per heavy atom. The molecule has 0 bridgehead atoms. The normalized spacial score (nSPS) is 11.2. The number of H-pyrrole nitrogens is 1. The molecule has 0 amide bonds. The van der Waals surface area contributed by atoms with E-state index in [4.69, 9.17) is 9.84 Å². The van der Waals surface area contributed by atoms with Gasteiger partial charge in [-0.3, -0.25) is 4.90 Å². The second-order valence-electron chi connectivity index (χ2n) is 6.86. The van der Waals surface area contributed by atoms with Crippen molar-refractivity contribution in [1.82, 2.24) is 24.6 Å². The Morgan fingerprint density at radius 3 is 2.66 bits per heavy atom. The van der Waals surface area contributed by atoms with Crippen LogP contribution in [0.15, 0.2) is 67.1 Å². The second-order valence-corrected chi connectivity index (χ2v) is 6.86. The van der Waals surface area contributed by atoms with Gasteiger partial charge in [-0.05, 0) is 43.4 Å². The Morgan fingerprint density at radius 1 is 1.14 bits per heavy atom. The van der Waals surface area contributed by atoms with Crippen molar-refractivity contribution in [3.8, 4) is 22.7 Å². The molecule has 148 valence electrons. The van der Waals surface area contributed by atoms with Crippen molar-refractivity contribution in [3.05, 3.63) is 84.3 Å². The highest BCUT2D eigenvalue weighted by Gasteiger charge is 2.15. The fourth-order valence-corrected chi connectivity index (χ4v) is 3.26. The van der Waals surface area contributed by atoms with Crippen LogP contribution in [0.5, 0.6) is 5.75 Å². The van der Waals surface area contributed by atoms with Gasteiger partial charge in [-0.2, -0.15) is 5.10 Å². The number of rotatable bonds is 7. The number of imidazole rings is 1. The summed E-state index contributed by atoms with van der Waals surface area (Å²) in [5.41, 5.74) is 3.41. The lowest BCUT2D eigenvalue weighted by Gasteiger charge is -2.15. The zero-order chi connectivity index (χ0) is 20.2. The zero-order valence-corrected chi connectivity index (χ0v) is 16.3. The first-order valence-electron chi connectivity index (χ1n) is 9.28. The van der Waals surface area contributed by atoms with E-state index >= 15 is 0 Å². The lowest BCUT2D eigenvalue weighted by molar-refractivity contribution is 0.312. The fraction of sp³-hybridized carbons (Fsp3) is 0.182. The molecule has 0 saturated heterocycles. The number of benzene rings is 2. The predicted molar refractivity (Wildman–Crippen MR) is 109 cm³/mol. The van der Waals surface area contributed by atoms with Crippen LogP contribution in [0.1, 0.15) is 11.4 Å². The molecule has 2 aromatic heterocycles. The summed E-state index contributed by atoms with van der Waals surface area (Å²) in [5.74, 6) is 1.39. The van der Waals surface area contributed by atoms with Gasteiger partial charge in [0.1, 0.15) is 17.4 Å². The second kappa shape index (κ2) is 8.28. The zero-order valence-electron chi connectivity index (χ0n) is 16.3. The third-order valence-electron chi connectivity index (χ3n) is 4.64. The third-order valence-corrected chi connectivity index (χ3v) is 4.64. The number of halogens is 1. The summed E-state index contributed by atoms with van der Waals surface area (Å²) in [4.78, 5) is 9.53. The molecule has 2 heterocycles. The third kappa shape index (κ3) is 4.35. The first-order chi connectivity index (χ1) is 14.1. The van der Waals surface area contributed by atoms with Crippen LogP contribution in [-0.2, 0) is 13.1 Å². The van der Waals surface area contributed by atoms with E-state index in [9.17, 15) is 4.39 Å². The van der Waals surface area contributed by atoms with E-state index in [-0.39, 0.29) is 5.82 Å². The molecule has 7 heteroatoms. The van der Waals surface area contributed by atoms with Gasteiger partial charge in [0.05, 0.1) is 25.0 Å². The summed E-state index contributed by atoms with van der Waals surface area (Å²) in [6, 6.07) is 14.2.